The van der Waals surface area contributed by atoms with Gasteiger partial charge in [-0.05, 0) is 66.9 Å². The van der Waals surface area contributed by atoms with Crippen molar-refractivity contribution in [2.45, 2.75) is 39.2 Å². The van der Waals surface area contributed by atoms with Gasteiger partial charge >= 0.3 is 0 Å². The van der Waals surface area contributed by atoms with Crippen LogP contribution in [0.1, 0.15) is 36.8 Å². The van der Waals surface area contributed by atoms with Crippen LogP contribution in [0.15, 0.2) is 40.1 Å². The summed E-state index contributed by atoms with van der Waals surface area (Å²) in [5, 5.41) is 13.3. The summed E-state index contributed by atoms with van der Waals surface area (Å²) in [5.41, 5.74) is 3.64. The van der Waals surface area contributed by atoms with Crippen LogP contribution in [0, 0.1) is 0 Å². The first-order valence-corrected chi connectivity index (χ1v) is 10.6. The van der Waals surface area contributed by atoms with Gasteiger partial charge in [-0.2, -0.15) is 0 Å². The Hall–Kier alpha value is -2.51. The SMILES string of the molecule is CCCN(CC(=O)Nc1ccc2c(c1)CCC2)Cc1nnc(-c2cccs2)o1. The van der Waals surface area contributed by atoms with Crippen LogP contribution in [-0.2, 0) is 24.2 Å². The summed E-state index contributed by atoms with van der Waals surface area (Å²) in [6, 6.07) is 10.1. The number of rotatable bonds is 8. The van der Waals surface area contributed by atoms with Crippen molar-refractivity contribution >= 4 is 22.9 Å². The second-order valence-electron chi connectivity index (χ2n) is 7.07. The summed E-state index contributed by atoms with van der Waals surface area (Å²) < 4.78 is 5.77. The van der Waals surface area contributed by atoms with E-state index < -0.39 is 0 Å². The van der Waals surface area contributed by atoms with Gasteiger partial charge in [-0.15, -0.1) is 21.5 Å². The normalized spacial score (nSPS) is 13.1. The van der Waals surface area contributed by atoms with Gasteiger partial charge in [0.2, 0.25) is 11.8 Å². The third-order valence-corrected chi connectivity index (χ3v) is 5.70. The molecule has 1 aliphatic carbocycles. The standard InChI is InChI=1S/C21H24N4O2S/c1-2-10-25(14-20-23-24-21(27-20)18-7-4-11-28-18)13-19(26)22-17-9-8-15-5-3-6-16(15)12-17/h4,7-9,11-12H,2-3,5-6,10,13-14H2,1H3,(H,22,26). The Morgan fingerprint density at radius 1 is 1.25 bits per heavy atom. The van der Waals surface area contributed by atoms with Crippen molar-refractivity contribution in [1.29, 1.82) is 0 Å². The number of anilines is 1. The Morgan fingerprint density at radius 2 is 2.14 bits per heavy atom. The molecule has 0 saturated heterocycles. The number of carbonyl (C=O) groups excluding carboxylic acids is 1. The van der Waals surface area contributed by atoms with Crippen molar-refractivity contribution < 1.29 is 9.21 Å². The zero-order valence-electron chi connectivity index (χ0n) is 16.0. The van der Waals surface area contributed by atoms with E-state index in [0.29, 0.717) is 24.9 Å². The smallest absolute Gasteiger partial charge is 0.257 e. The second kappa shape index (κ2) is 8.67. The fourth-order valence-electron chi connectivity index (χ4n) is 3.59. The Bertz CT molecular complexity index is 936. The maximum atomic E-state index is 12.6. The molecule has 0 saturated carbocycles. The molecule has 0 unspecified atom stereocenters. The van der Waals surface area contributed by atoms with Crippen molar-refractivity contribution in [3.8, 4) is 10.8 Å². The number of hydrogen-bond acceptors (Lipinski definition) is 6. The minimum atomic E-state index is -0.0237. The third kappa shape index (κ3) is 4.48. The fraction of sp³-hybridized carbons (Fsp3) is 0.381. The van der Waals surface area contributed by atoms with Crippen LogP contribution in [0.5, 0.6) is 0 Å². The number of benzene rings is 1. The van der Waals surface area contributed by atoms with Crippen LogP contribution in [0.3, 0.4) is 0 Å². The monoisotopic (exact) mass is 396 g/mol. The molecule has 1 amide bonds. The first-order chi connectivity index (χ1) is 13.7. The first-order valence-electron chi connectivity index (χ1n) is 9.71. The zero-order chi connectivity index (χ0) is 19.3. The minimum Gasteiger partial charge on any atom is -0.419 e. The Morgan fingerprint density at radius 3 is 2.96 bits per heavy atom. The second-order valence-corrected chi connectivity index (χ2v) is 8.02. The molecule has 0 spiro atoms. The highest BCUT2D eigenvalue weighted by atomic mass is 32.1. The summed E-state index contributed by atoms with van der Waals surface area (Å²) in [7, 11) is 0. The van der Waals surface area contributed by atoms with Gasteiger partial charge in [0.25, 0.3) is 5.89 Å². The van der Waals surface area contributed by atoms with Crippen LogP contribution in [0.4, 0.5) is 5.69 Å². The maximum absolute atomic E-state index is 12.6. The van der Waals surface area contributed by atoms with Gasteiger partial charge in [-0.25, -0.2) is 0 Å². The number of aryl methyl sites for hydroxylation is 2. The summed E-state index contributed by atoms with van der Waals surface area (Å²) in [6.45, 7) is 3.64. The predicted octanol–water partition coefficient (Wildman–Crippen LogP) is 4.14. The van der Waals surface area contributed by atoms with E-state index in [2.05, 4.69) is 34.6 Å². The molecule has 4 rings (SSSR count). The quantitative estimate of drug-likeness (QED) is 0.620. The lowest BCUT2D eigenvalue weighted by Gasteiger charge is -2.19. The number of nitrogens with zero attached hydrogens (tertiary/aromatic N) is 3. The topological polar surface area (TPSA) is 71.3 Å². The van der Waals surface area contributed by atoms with E-state index >= 15 is 0 Å². The summed E-state index contributed by atoms with van der Waals surface area (Å²) in [6.07, 6.45) is 4.39. The van der Waals surface area contributed by atoms with Crippen molar-refractivity contribution in [3.05, 3.63) is 52.7 Å². The van der Waals surface area contributed by atoms with E-state index in [-0.39, 0.29) is 5.91 Å². The van der Waals surface area contributed by atoms with E-state index in [0.717, 1.165) is 36.4 Å². The van der Waals surface area contributed by atoms with Crippen LogP contribution in [0.25, 0.3) is 10.8 Å². The van der Waals surface area contributed by atoms with Crippen LogP contribution >= 0.6 is 11.3 Å². The van der Waals surface area contributed by atoms with E-state index in [4.69, 9.17) is 4.42 Å². The number of carbonyl (C=O) groups is 1. The van der Waals surface area contributed by atoms with Crippen molar-refractivity contribution in [2.75, 3.05) is 18.4 Å². The largest absolute Gasteiger partial charge is 0.419 e. The first kappa shape index (κ1) is 18.8. The molecule has 0 bridgehead atoms. The number of aromatic nitrogens is 2. The minimum absolute atomic E-state index is 0.0237. The van der Waals surface area contributed by atoms with Crippen LogP contribution in [-0.4, -0.2) is 34.1 Å². The highest BCUT2D eigenvalue weighted by molar-refractivity contribution is 7.13. The average Bonchev–Trinajstić information content (AvgIpc) is 3.42. The lowest BCUT2D eigenvalue weighted by atomic mass is 10.1. The van der Waals surface area contributed by atoms with E-state index in [9.17, 15) is 4.79 Å². The third-order valence-electron chi connectivity index (χ3n) is 4.85. The Balaban J connectivity index is 1.37. The molecule has 0 atom stereocenters. The maximum Gasteiger partial charge on any atom is 0.257 e. The number of nitrogens with one attached hydrogen (secondary N) is 1. The molecule has 0 aliphatic heterocycles. The van der Waals surface area contributed by atoms with Gasteiger partial charge in [0.05, 0.1) is 18.0 Å². The number of amides is 1. The van der Waals surface area contributed by atoms with Crippen molar-refractivity contribution in [2.24, 2.45) is 0 Å². The molecule has 3 aromatic rings. The lowest BCUT2D eigenvalue weighted by Crippen LogP contribution is -2.33. The van der Waals surface area contributed by atoms with Gasteiger partial charge in [-0.3, -0.25) is 9.69 Å². The molecule has 2 aromatic heterocycles. The molecule has 7 heteroatoms. The molecule has 6 nitrogen and oxygen atoms in total. The fourth-order valence-corrected chi connectivity index (χ4v) is 4.24. The zero-order valence-corrected chi connectivity index (χ0v) is 16.8. The molecule has 0 fully saturated rings. The van der Waals surface area contributed by atoms with E-state index in [1.54, 1.807) is 11.3 Å². The van der Waals surface area contributed by atoms with E-state index in [1.807, 2.05) is 28.5 Å². The molecular weight excluding hydrogens is 372 g/mol. The van der Waals surface area contributed by atoms with E-state index in [1.165, 1.54) is 17.5 Å². The van der Waals surface area contributed by atoms with Gasteiger partial charge in [0, 0.05) is 5.69 Å². The number of fused-ring (bicyclic) bond motifs is 1. The van der Waals surface area contributed by atoms with Gasteiger partial charge in [0.1, 0.15) is 0 Å². The molecule has 1 aromatic carbocycles. The molecule has 0 radical (unpaired) electrons. The number of thiophene rings is 1. The van der Waals surface area contributed by atoms with Crippen molar-refractivity contribution in [1.82, 2.24) is 15.1 Å². The highest BCUT2D eigenvalue weighted by Gasteiger charge is 2.17. The summed E-state index contributed by atoms with van der Waals surface area (Å²) in [4.78, 5) is 15.6. The van der Waals surface area contributed by atoms with Gasteiger partial charge < -0.3 is 9.73 Å². The van der Waals surface area contributed by atoms with Crippen LogP contribution < -0.4 is 5.32 Å². The molecule has 1 aliphatic rings. The molecule has 146 valence electrons. The van der Waals surface area contributed by atoms with Crippen molar-refractivity contribution in [3.63, 3.8) is 0 Å². The van der Waals surface area contributed by atoms with Gasteiger partial charge in [0.15, 0.2) is 0 Å². The summed E-state index contributed by atoms with van der Waals surface area (Å²) >= 11 is 1.56. The molecule has 28 heavy (non-hydrogen) atoms. The number of hydrogen-bond donors (Lipinski definition) is 1. The molecule has 2 heterocycles. The predicted molar refractivity (Wildman–Crippen MR) is 110 cm³/mol. The van der Waals surface area contributed by atoms with Gasteiger partial charge in [-0.1, -0.05) is 19.1 Å². The molecule has 1 N–H and O–H groups in total. The Labute approximate surface area is 168 Å². The highest BCUT2D eigenvalue weighted by Crippen LogP contribution is 2.25. The lowest BCUT2D eigenvalue weighted by molar-refractivity contribution is -0.117. The summed E-state index contributed by atoms with van der Waals surface area (Å²) in [5.74, 6) is 1.04. The Kier molecular flexibility index (Phi) is 5.83. The average molecular weight is 397 g/mol. The van der Waals surface area contributed by atoms with Crippen LogP contribution in [0.2, 0.25) is 0 Å². The molecular formula is C21H24N4O2S.